The van der Waals surface area contributed by atoms with Gasteiger partial charge in [0.15, 0.2) is 0 Å². The quantitative estimate of drug-likeness (QED) is 0.168. The first-order valence-corrected chi connectivity index (χ1v) is 13.6. The highest BCUT2D eigenvalue weighted by Crippen LogP contribution is 2.37. The summed E-state index contributed by atoms with van der Waals surface area (Å²) in [5.74, 6) is 1.79. The fourth-order valence-corrected chi connectivity index (χ4v) is 5.27. The van der Waals surface area contributed by atoms with Crippen LogP contribution in [-0.2, 0) is 16.1 Å². The summed E-state index contributed by atoms with van der Waals surface area (Å²) < 4.78 is 13.1. The third kappa shape index (κ3) is 5.82. The molecule has 3 aromatic rings. The van der Waals surface area contributed by atoms with Crippen molar-refractivity contribution in [3.8, 4) is 5.75 Å². The number of ether oxygens (including phenoxy) is 2. The molecule has 1 atom stereocenters. The number of hydrogen-bond acceptors (Lipinski definition) is 7. The van der Waals surface area contributed by atoms with Crippen LogP contribution in [0.25, 0.3) is 0 Å². The SMILES string of the molecule is CCCCSc1nc2n(n1)C(c1ccc(OCc3c(Cl)cccc3Cl)cc1)C(C(=O)OCC)=C(C)N2. The molecule has 2 aromatic carbocycles. The number of nitrogens with one attached hydrogen (secondary N) is 1. The summed E-state index contributed by atoms with van der Waals surface area (Å²) >= 11 is 14.1. The van der Waals surface area contributed by atoms with E-state index < -0.39 is 6.04 Å². The van der Waals surface area contributed by atoms with Crippen molar-refractivity contribution < 1.29 is 14.3 Å². The summed E-state index contributed by atoms with van der Waals surface area (Å²) in [5, 5.41) is 9.74. The molecule has 0 amide bonds. The van der Waals surface area contributed by atoms with Crippen LogP contribution in [0.1, 0.15) is 50.8 Å². The molecule has 36 heavy (non-hydrogen) atoms. The number of thioether (sulfide) groups is 1. The van der Waals surface area contributed by atoms with E-state index in [-0.39, 0.29) is 19.2 Å². The molecule has 0 fully saturated rings. The Bertz CT molecular complexity index is 1240. The lowest BCUT2D eigenvalue weighted by molar-refractivity contribution is -0.139. The lowest BCUT2D eigenvalue weighted by Gasteiger charge is -2.28. The van der Waals surface area contributed by atoms with Gasteiger partial charge in [-0.15, -0.1) is 5.10 Å². The standard InChI is InChI=1S/C26H28Cl2N4O3S/c1-4-6-14-36-26-30-25-29-16(3)22(24(33)34-5-2)23(32(25)31-26)17-10-12-18(13-11-17)35-15-19-20(27)8-7-9-21(19)28/h7-13,23H,4-6,14-15H2,1-3H3,(H,29,30,31). The normalized spacial score (nSPS) is 14.9. The van der Waals surface area contributed by atoms with Crippen molar-refractivity contribution in [1.29, 1.82) is 0 Å². The van der Waals surface area contributed by atoms with E-state index in [0.717, 1.165) is 29.7 Å². The highest BCUT2D eigenvalue weighted by molar-refractivity contribution is 7.99. The second-order valence-corrected chi connectivity index (χ2v) is 10.1. The largest absolute Gasteiger partial charge is 0.489 e. The second-order valence-electron chi connectivity index (χ2n) is 8.21. The zero-order valence-corrected chi connectivity index (χ0v) is 22.7. The van der Waals surface area contributed by atoms with Gasteiger partial charge in [-0.05, 0) is 50.1 Å². The first kappa shape index (κ1) is 26.4. The Morgan fingerprint density at radius 2 is 1.86 bits per heavy atom. The Morgan fingerprint density at radius 1 is 1.14 bits per heavy atom. The van der Waals surface area contributed by atoms with E-state index in [1.165, 1.54) is 0 Å². The number of nitrogens with zero attached hydrogens (tertiary/aromatic N) is 3. The minimum Gasteiger partial charge on any atom is -0.489 e. The van der Waals surface area contributed by atoms with Gasteiger partial charge in [-0.25, -0.2) is 9.48 Å². The van der Waals surface area contributed by atoms with Gasteiger partial charge in [0, 0.05) is 27.1 Å². The first-order valence-electron chi connectivity index (χ1n) is 11.8. The van der Waals surface area contributed by atoms with Gasteiger partial charge in [-0.3, -0.25) is 0 Å². The number of hydrogen-bond donors (Lipinski definition) is 1. The number of benzene rings is 2. The van der Waals surface area contributed by atoms with Gasteiger partial charge in [0.25, 0.3) is 0 Å². The number of halogens is 2. The van der Waals surface area contributed by atoms with E-state index in [1.54, 1.807) is 41.6 Å². The molecule has 1 aliphatic rings. The second kappa shape index (κ2) is 12.0. The van der Waals surface area contributed by atoms with E-state index >= 15 is 0 Å². The number of anilines is 1. The fourth-order valence-electron chi connectivity index (χ4n) is 3.85. The molecule has 1 unspecified atom stereocenters. The maximum atomic E-state index is 13.0. The van der Waals surface area contributed by atoms with Gasteiger partial charge in [0.05, 0.1) is 12.2 Å². The molecular weight excluding hydrogens is 519 g/mol. The van der Waals surface area contributed by atoms with Crippen LogP contribution in [0, 0.1) is 0 Å². The molecule has 4 rings (SSSR count). The van der Waals surface area contributed by atoms with E-state index in [0.29, 0.717) is 38.2 Å². The lowest BCUT2D eigenvalue weighted by Crippen LogP contribution is -2.29. The average molecular weight is 548 g/mol. The zero-order valence-electron chi connectivity index (χ0n) is 20.4. The number of unbranched alkanes of at least 4 members (excludes halogenated alkanes) is 1. The number of carbonyl (C=O) groups is 1. The van der Waals surface area contributed by atoms with Gasteiger partial charge >= 0.3 is 5.97 Å². The molecule has 0 aliphatic carbocycles. The molecular formula is C26H28Cl2N4O3S. The summed E-state index contributed by atoms with van der Waals surface area (Å²) in [4.78, 5) is 17.6. The molecule has 7 nitrogen and oxygen atoms in total. The first-order chi connectivity index (χ1) is 17.4. The van der Waals surface area contributed by atoms with E-state index in [4.69, 9.17) is 37.8 Å². The summed E-state index contributed by atoms with van der Waals surface area (Å²) in [7, 11) is 0. The zero-order chi connectivity index (χ0) is 25.7. The Kier molecular flexibility index (Phi) is 8.82. The fraction of sp³-hybridized carbons (Fsp3) is 0.346. The van der Waals surface area contributed by atoms with E-state index in [1.807, 2.05) is 31.2 Å². The topological polar surface area (TPSA) is 78.3 Å². The predicted octanol–water partition coefficient (Wildman–Crippen LogP) is 6.91. The third-order valence-corrected chi connectivity index (χ3v) is 7.33. The number of fused-ring (bicyclic) bond motifs is 1. The van der Waals surface area contributed by atoms with E-state index in [9.17, 15) is 4.79 Å². The Hall–Kier alpha value is -2.68. The van der Waals surface area contributed by atoms with E-state index in [2.05, 4.69) is 17.2 Å². The minimum atomic E-state index is -0.486. The van der Waals surface area contributed by atoms with Crippen molar-refractivity contribution in [2.24, 2.45) is 0 Å². The highest BCUT2D eigenvalue weighted by Gasteiger charge is 2.35. The van der Waals surface area contributed by atoms with Crippen molar-refractivity contribution >= 4 is 46.9 Å². The maximum Gasteiger partial charge on any atom is 0.338 e. The predicted molar refractivity (Wildman–Crippen MR) is 144 cm³/mol. The van der Waals surface area contributed by atoms with Crippen molar-refractivity contribution in [2.75, 3.05) is 17.7 Å². The van der Waals surface area contributed by atoms with Crippen LogP contribution in [0.5, 0.6) is 5.75 Å². The van der Waals surface area contributed by atoms with Gasteiger partial charge in [-0.1, -0.05) is 66.5 Å². The maximum absolute atomic E-state index is 13.0. The molecule has 0 saturated carbocycles. The van der Waals surface area contributed by atoms with Gasteiger partial charge in [0.2, 0.25) is 11.1 Å². The van der Waals surface area contributed by atoms with Crippen molar-refractivity contribution in [2.45, 2.75) is 51.4 Å². The summed E-state index contributed by atoms with van der Waals surface area (Å²) in [6.45, 7) is 6.32. The van der Waals surface area contributed by atoms with Crippen LogP contribution in [0.2, 0.25) is 10.0 Å². The molecule has 0 bridgehead atoms. The van der Waals surface area contributed by atoms with Gasteiger partial charge in [-0.2, -0.15) is 4.98 Å². The molecule has 0 saturated heterocycles. The van der Waals surface area contributed by atoms with Gasteiger partial charge in [0.1, 0.15) is 18.4 Å². The number of aromatic nitrogens is 3. The average Bonchev–Trinajstić information content (AvgIpc) is 3.26. The summed E-state index contributed by atoms with van der Waals surface area (Å²) in [6, 6.07) is 12.4. The van der Waals surface area contributed by atoms with Crippen LogP contribution in [0.15, 0.2) is 58.9 Å². The monoisotopic (exact) mass is 546 g/mol. The van der Waals surface area contributed by atoms with Crippen molar-refractivity contribution in [1.82, 2.24) is 14.8 Å². The van der Waals surface area contributed by atoms with Crippen LogP contribution in [0.4, 0.5) is 5.95 Å². The third-order valence-electron chi connectivity index (χ3n) is 5.70. The molecule has 2 heterocycles. The summed E-state index contributed by atoms with van der Waals surface area (Å²) in [6.07, 6.45) is 2.18. The molecule has 1 aromatic heterocycles. The number of rotatable bonds is 10. The number of allylic oxidation sites excluding steroid dienone is 1. The van der Waals surface area contributed by atoms with Crippen molar-refractivity contribution in [3.63, 3.8) is 0 Å². The Balaban J connectivity index is 1.62. The number of esters is 1. The molecule has 190 valence electrons. The summed E-state index contributed by atoms with van der Waals surface area (Å²) in [5.41, 5.74) is 2.78. The smallest absolute Gasteiger partial charge is 0.338 e. The molecule has 1 N–H and O–H groups in total. The molecule has 0 radical (unpaired) electrons. The number of carbonyl (C=O) groups excluding carboxylic acids is 1. The highest BCUT2D eigenvalue weighted by atomic mass is 35.5. The molecule has 0 spiro atoms. The Morgan fingerprint density at radius 3 is 2.53 bits per heavy atom. The molecule has 1 aliphatic heterocycles. The molecule has 10 heteroatoms. The van der Waals surface area contributed by atoms with Crippen LogP contribution in [-0.4, -0.2) is 33.1 Å². The van der Waals surface area contributed by atoms with Crippen LogP contribution in [0.3, 0.4) is 0 Å². The lowest BCUT2D eigenvalue weighted by atomic mass is 9.96. The van der Waals surface area contributed by atoms with Crippen LogP contribution < -0.4 is 10.1 Å². The Labute approximate surface area is 225 Å². The minimum absolute atomic E-state index is 0.240. The van der Waals surface area contributed by atoms with Gasteiger partial charge < -0.3 is 14.8 Å². The van der Waals surface area contributed by atoms with Crippen molar-refractivity contribution in [3.05, 3.63) is 74.9 Å². The van der Waals surface area contributed by atoms with Crippen LogP contribution >= 0.6 is 35.0 Å².